The summed E-state index contributed by atoms with van der Waals surface area (Å²) in [5.41, 5.74) is 6.08. The van der Waals surface area contributed by atoms with Gasteiger partial charge < -0.3 is 20.1 Å². The van der Waals surface area contributed by atoms with Gasteiger partial charge in [-0.3, -0.25) is 9.59 Å². The Bertz CT molecular complexity index is 1320. The molecule has 0 fully saturated rings. The summed E-state index contributed by atoms with van der Waals surface area (Å²) in [5.74, 6) is -0.870. The van der Waals surface area contributed by atoms with E-state index < -0.39 is 11.9 Å². The lowest BCUT2D eigenvalue weighted by Crippen LogP contribution is -2.23. The Kier molecular flexibility index (Phi) is 9.61. The Labute approximate surface area is 222 Å². The van der Waals surface area contributed by atoms with Gasteiger partial charge in [-0.1, -0.05) is 20.3 Å². The number of nitrogens with one attached hydrogen (secondary N) is 2. The minimum absolute atomic E-state index is 0.0750. The first-order valence-electron chi connectivity index (χ1n) is 12.8. The molecule has 2 N–H and O–H groups in total. The molecule has 2 aromatic rings. The molecule has 1 atom stereocenters. The molecule has 1 aliphatic heterocycles. The van der Waals surface area contributed by atoms with Gasteiger partial charge in [0, 0.05) is 41.7 Å². The molecule has 0 bridgehead atoms. The molecule has 2 heterocycles. The van der Waals surface area contributed by atoms with Crippen LogP contribution < -0.4 is 10.6 Å². The number of rotatable bonds is 11. The van der Waals surface area contributed by atoms with Gasteiger partial charge in [-0.2, -0.15) is 0 Å². The van der Waals surface area contributed by atoms with Crippen LogP contribution in [0.1, 0.15) is 63.4 Å². The number of hydrogen-bond acceptors (Lipinski definition) is 7. The number of pyridine rings is 1. The molecule has 1 aliphatic rings. The smallest absolute Gasteiger partial charge is 0.330 e. The van der Waals surface area contributed by atoms with Crippen molar-refractivity contribution in [3.05, 3.63) is 51.7 Å². The Morgan fingerprint density at radius 1 is 1.29 bits per heavy atom. The standard InChI is InChI=1S/C29H36FN3O5/c1-7-16(2)10-22-28(33-24-12-23(30)19(5)21-8-9-32-29(22)27(21)24)17(3)11-25(18(4)14-37-20(6)35)38-26(36)13-31-15-34/h11-12,15-16,32H,7-10,13-14H2,1-6H3,(H,31,34)/b17-11+,25-18-. The number of carbonyl (C=O) groups excluding carboxylic acids is 3. The molecule has 204 valence electrons. The number of benzene rings is 1. The molecule has 3 rings (SSSR count). The van der Waals surface area contributed by atoms with Crippen LogP contribution in [0.2, 0.25) is 0 Å². The van der Waals surface area contributed by atoms with E-state index in [1.165, 1.54) is 13.0 Å². The summed E-state index contributed by atoms with van der Waals surface area (Å²) in [6, 6.07) is 1.47. The van der Waals surface area contributed by atoms with Gasteiger partial charge in [0.25, 0.3) is 0 Å². The Hall–Kier alpha value is -3.75. The van der Waals surface area contributed by atoms with Gasteiger partial charge in [0.1, 0.15) is 24.7 Å². The molecular weight excluding hydrogens is 489 g/mol. The Morgan fingerprint density at radius 2 is 2.03 bits per heavy atom. The SMILES string of the molecule is CCC(C)Cc1c(/C(C)=C/C(OC(=O)CNC=O)=C(\C)COC(C)=O)nc2cc(F)c(C)c3c2c1NCC3. The number of esters is 2. The second kappa shape index (κ2) is 12.7. The molecule has 0 radical (unpaired) electrons. The minimum Gasteiger partial charge on any atom is -0.461 e. The third-order valence-corrected chi connectivity index (χ3v) is 6.82. The zero-order chi connectivity index (χ0) is 28.0. The van der Waals surface area contributed by atoms with Crippen molar-refractivity contribution < 1.29 is 28.2 Å². The average molecular weight is 526 g/mol. The zero-order valence-electron chi connectivity index (χ0n) is 22.9. The fourth-order valence-electron chi connectivity index (χ4n) is 4.52. The van der Waals surface area contributed by atoms with Crippen LogP contribution in [0.15, 0.2) is 23.5 Å². The summed E-state index contributed by atoms with van der Waals surface area (Å²) in [4.78, 5) is 39.2. The number of allylic oxidation sites excluding steroid dienone is 2. The van der Waals surface area contributed by atoms with Crippen molar-refractivity contribution in [1.29, 1.82) is 0 Å². The fraction of sp³-hybridized carbons (Fsp3) is 0.448. The van der Waals surface area contributed by atoms with Crippen molar-refractivity contribution in [2.75, 3.05) is 25.0 Å². The maximum absolute atomic E-state index is 14.8. The second-order valence-corrected chi connectivity index (χ2v) is 9.79. The number of halogens is 1. The highest BCUT2D eigenvalue weighted by Gasteiger charge is 2.25. The van der Waals surface area contributed by atoms with Crippen LogP contribution in [-0.2, 0) is 36.7 Å². The van der Waals surface area contributed by atoms with Gasteiger partial charge in [0.2, 0.25) is 6.41 Å². The van der Waals surface area contributed by atoms with E-state index in [1.807, 2.05) is 13.8 Å². The lowest BCUT2D eigenvalue weighted by atomic mass is 9.88. The molecule has 1 aromatic heterocycles. The van der Waals surface area contributed by atoms with Crippen molar-refractivity contribution in [1.82, 2.24) is 10.3 Å². The monoisotopic (exact) mass is 525 g/mol. The number of ether oxygens (including phenoxy) is 2. The van der Waals surface area contributed by atoms with Gasteiger partial charge in [0.15, 0.2) is 0 Å². The molecule has 1 aromatic carbocycles. The summed E-state index contributed by atoms with van der Waals surface area (Å²) in [6.45, 7) is 11.3. The van der Waals surface area contributed by atoms with E-state index in [4.69, 9.17) is 14.5 Å². The van der Waals surface area contributed by atoms with Crippen molar-refractivity contribution >= 4 is 40.5 Å². The second-order valence-electron chi connectivity index (χ2n) is 9.79. The van der Waals surface area contributed by atoms with Gasteiger partial charge in [-0.25, -0.2) is 14.2 Å². The lowest BCUT2D eigenvalue weighted by Gasteiger charge is -2.27. The van der Waals surface area contributed by atoms with Crippen molar-refractivity contribution in [2.45, 2.75) is 60.8 Å². The fourth-order valence-corrected chi connectivity index (χ4v) is 4.52. The Balaban J connectivity index is 2.21. The number of amides is 1. The van der Waals surface area contributed by atoms with Gasteiger partial charge >= 0.3 is 11.9 Å². The van der Waals surface area contributed by atoms with Crippen LogP contribution in [-0.4, -0.2) is 43.0 Å². The summed E-state index contributed by atoms with van der Waals surface area (Å²) < 4.78 is 25.5. The van der Waals surface area contributed by atoms with Gasteiger partial charge in [-0.05, 0) is 62.3 Å². The first-order valence-corrected chi connectivity index (χ1v) is 12.8. The summed E-state index contributed by atoms with van der Waals surface area (Å²) in [6.07, 6.45) is 4.53. The number of aromatic nitrogens is 1. The topological polar surface area (TPSA) is 107 Å². The van der Waals surface area contributed by atoms with E-state index >= 15 is 0 Å². The molecule has 9 heteroatoms. The third-order valence-electron chi connectivity index (χ3n) is 6.82. The summed E-state index contributed by atoms with van der Waals surface area (Å²) in [5, 5.41) is 6.78. The van der Waals surface area contributed by atoms with E-state index in [0.29, 0.717) is 46.8 Å². The number of nitrogens with zero attached hydrogens (tertiary/aromatic N) is 1. The lowest BCUT2D eigenvalue weighted by molar-refractivity contribution is -0.140. The van der Waals surface area contributed by atoms with E-state index in [1.54, 1.807) is 13.0 Å². The van der Waals surface area contributed by atoms with Crippen LogP contribution in [0, 0.1) is 18.7 Å². The average Bonchev–Trinajstić information content (AvgIpc) is 2.89. The number of carbonyl (C=O) groups is 3. The zero-order valence-corrected chi connectivity index (χ0v) is 22.9. The normalized spacial score (nSPS) is 14.3. The first kappa shape index (κ1) is 28.8. The maximum atomic E-state index is 14.8. The predicted octanol–water partition coefficient (Wildman–Crippen LogP) is 4.77. The van der Waals surface area contributed by atoms with Gasteiger partial charge in [-0.15, -0.1) is 0 Å². The van der Waals surface area contributed by atoms with Crippen LogP contribution in [0.25, 0.3) is 16.5 Å². The van der Waals surface area contributed by atoms with Crippen molar-refractivity contribution in [3.8, 4) is 0 Å². The molecule has 8 nitrogen and oxygen atoms in total. The molecule has 0 saturated carbocycles. The molecule has 1 unspecified atom stereocenters. The van der Waals surface area contributed by atoms with E-state index in [0.717, 1.165) is 41.5 Å². The highest BCUT2D eigenvalue weighted by Crippen LogP contribution is 2.40. The largest absolute Gasteiger partial charge is 0.461 e. The molecule has 0 saturated heterocycles. The molecule has 0 spiro atoms. The van der Waals surface area contributed by atoms with Crippen LogP contribution in [0.3, 0.4) is 0 Å². The van der Waals surface area contributed by atoms with Crippen LogP contribution in [0.4, 0.5) is 10.1 Å². The quantitative estimate of drug-likeness (QED) is 0.188. The van der Waals surface area contributed by atoms with E-state index in [-0.39, 0.29) is 24.7 Å². The van der Waals surface area contributed by atoms with Gasteiger partial charge in [0.05, 0.1) is 11.2 Å². The third kappa shape index (κ3) is 6.57. The first-order chi connectivity index (χ1) is 18.1. The van der Waals surface area contributed by atoms with E-state index in [9.17, 15) is 18.8 Å². The van der Waals surface area contributed by atoms with E-state index in [2.05, 4.69) is 24.5 Å². The molecular formula is C29H36FN3O5. The molecule has 0 aliphatic carbocycles. The summed E-state index contributed by atoms with van der Waals surface area (Å²) in [7, 11) is 0. The highest BCUT2D eigenvalue weighted by molar-refractivity contribution is 5.99. The maximum Gasteiger partial charge on any atom is 0.330 e. The van der Waals surface area contributed by atoms with Crippen molar-refractivity contribution in [3.63, 3.8) is 0 Å². The summed E-state index contributed by atoms with van der Waals surface area (Å²) >= 11 is 0. The number of hydrogen-bond donors (Lipinski definition) is 2. The molecule has 38 heavy (non-hydrogen) atoms. The van der Waals surface area contributed by atoms with Crippen molar-refractivity contribution in [2.24, 2.45) is 5.92 Å². The molecule has 1 amide bonds. The number of anilines is 1. The predicted molar refractivity (Wildman–Crippen MR) is 145 cm³/mol. The minimum atomic E-state index is -0.677. The van der Waals surface area contributed by atoms with Crippen LogP contribution in [0.5, 0.6) is 0 Å². The highest BCUT2D eigenvalue weighted by atomic mass is 19.1. The Morgan fingerprint density at radius 3 is 2.68 bits per heavy atom. The van der Waals surface area contributed by atoms with Crippen LogP contribution >= 0.6 is 0 Å².